The molecular formula is C16H26ClN. The average Bonchev–Trinajstić information content (AvgIpc) is 2.53. The molecule has 1 aromatic rings. The van der Waals surface area contributed by atoms with Gasteiger partial charge >= 0.3 is 0 Å². The van der Waals surface area contributed by atoms with E-state index in [2.05, 4.69) is 37.4 Å². The fraction of sp³-hybridized carbons (Fsp3) is 0.625. The third-order valence-electron chi connectivity index (χ3n) is 3.99. The fourth-order valence-electron chi connectivity index (χ4n) is 2.67. The minimum absolute atomic E-state index is 0. The van der Waals surface area contributed by atoms with E-state index in [1.54, 1.807) is 11.1 Å². The zero-order chi connectivity index (χ0) is 12.3. The standard InChI is InChI=1S/C16H25N.ClH/c1-16(2,17-3)12-13-9-10-14-7-5-4-6-8-15(14)11-13;/h9-11,17H,4-8,12H2,1-3H3;1H. The lowest BCUT2D eigenvalue weighted by molar-refractivity contribution is 0.422. The zero-order valence-corrected chi connectivity index (χ0v) is 12.7. The Morgan fingerprint density at radius 3 is 2.39 bits per heavy atom. The molecule has 0 heterocycles. The summed E-state index contributed by atoms with van der Waals surface area (Å²) in [6.07, 6.45) is 7.80. The molecule has 0 unspecified atom stereocenters. The molecule has 0 atom stereocenters. The van der Waals surface area contributed by atoms with Gasteiger partial charge in [-0.3, -0.25) is 0 Å². The Balaban J connectivity index is 0.00000162. The van der Waals surface area contributed by atoms with Gasteiger partial charge in [-0.25, -0.2) is 0 Å². The summed E-state index contributed by atoms with van der Waals surface area (Å²) in [7, 11) is 2.05. The van der Waals surface area contributed by atoms with Crippen LogP contribution in [0.5, 0.6) is 0 Å². The molecule has 0 fully saturated rings. The van der Waals surface area contributed by atoms with E-state index >= 15 is 0 Å². The highest BCUT2D eigenvalue weighted by molar-refractivity contribution is 5.85. The Morgan fingerprint density at radius 1 is 1.06 bits per heavy atom. The van der Waals surface area contributed by atoms with E-state index in [4.69, 9.17) is 0 Å². The molecule has 0 radical (unpaired) electrons. The maximum absolute atomic E-state index is 3.38. The van der Waals surface area contributed by atoms with Crippen molar-refractivity contribution in [3.63, 3.8) is 0 Å². The molecule has 1 nitrogen and oxygen atoms in total. The summed E-state index contributed by atoms with van der Waals surface area (Å²) in [6, 6.07) is 7.13. The Morgan fingerprint density at radius 2 is 1.72 bits per heavy atom. The van der Waals surface area contributed by atoms with Crippen molar-refractivity contribution in [2.75, 3.05) is 7.05 Å². The van der Waals surface area contributed by atoms with Crippen LogP contribution in [0.25, 0.3) is 0 Å². The molecule has 2 heteroatoms. The summed E-state index contributed by atoms with van der Waals surface area (Å²) in [5.41, 5.74) is 4.87. The Bertz CT molecular complexity index is 385. The maximum Gasteiger partial charge on any atom is 0.0162 e. The summed E-state index contributed by atoms with van der Waals surface area (Å²) in [5.74, 6) is 0. The van der Waals surface area contributed by atoms with Crippen LogP contribution in [0.3, 0.4) is 0 Å². The summed E-state index contributed by atoms with van der Waals surface area (Å²) >= 11 is 0. The van der Waals surface area contributed by atoms with E-state index in [1.807, 2.05) is 7.05 Å². The van der Waals surface area contributed by atoms with Crippen molar-refractivity contribution in [1.82, 2.24) is 5.32 Å². The van der Waals surface area contributed by atoms with Crippen molar-refractivity contribution in [3.8, 4) is 0 Å². The monoisotopic (exact) mass is 267 g/mol. The predicted molar refractivity (Wildman–Crippen MR) is 81.8 cm³/mol. The molecule has 0 spiro atoms. The summed E-state index contributed by atoms with van der Waals surface area (Å²) in [4.78, 5) is 0. The number of halogens is 1. The highest BCUT2D eigenvalue weighted by Gasteiger charge is 2.16. The molecule has 18 heavy (non-hydrogen) atoms. The quantitative estimate of drug-likeness (QED) is 0.819. The number of rotatable bonds is 3. The van der Waals surface area contributed by atoms with Crippen LogP contribution in [-0.2, 0) is 19.3 Å². The van der Waals surface area contributed by atoms with Crippen molar-refractivity contribution in [1.29, 1.82) is 0 Å². The van der Waals surface area contributed by atoms with E-state index in [-0.39, 0.29) is 17.9 Å². The van der Waals surface area contributed by atoms with E-state index in [0.29, 0.717) is 0 Å². The molecular weight excluding hydrogens is 242 g/mol. The number of likely N-dealkylation sites (N-methyl/N-ethyl adjacent to an activating group) is 1. The van der Waals surface area contributed by atoms with Gasteiger partial charge in [0.05, 0.1) is 0 Å². The number of hydrogen-bond donors (Lipinski definition) is 1. The minimum atomic E-state index is 0. The summed E-state index contributed by atoms with van der Waals surface area (Å²) in [6.45, 7) is 4.53. The molecule has 1 aliphatic carbocycles. The van der Waals surface area contributed by atoms with E-state index in [1.165, 1.54) is 37.7 Å². The van der Waals surface area contributed by atoms with Crippen LogP contribution in [0, 0.1) is 0 Å². The minimum Gasteiger partial charge on any atom is -0.314 e. The van der Waals surface area contributed by atoms with Gasteiger partial charge in [0.1, 0.15) is 0 Å². The van der Waals surface area contributed by atoms with Crippen LogP contribution in [-0.4, -0.2) is 12.6 Å². The van der Waals surface area contributed by atoms with Gasteiger partial charge in [0, 0.05) is 5.54 Å². The van der Waals surface area contributed by atoms with Gasteiger partial charge in [0.2, 0.25) is 0 Å². The molecule has 0 saturated carbocycles. The van der Waals surface area contributed by atoms with Crippen LogP contribution >= 0.6 is 12.4 Å². The fourth-order valence-corrected chi connectivity index (χ4v) is 2.67. The molecule has 2 rings (SSSR count). The van der Waals surface area contributed by atoms with Crippen LogP contribution in [0.2, 0.25) is 0 Å². The third-order valence-corrected chi connectivity index (χ3v) is 3.99. The molecule has 0 amide bonds. The number of benzene rings is 1. The lowest BCUT2D eigenvalue weighted by atomic mass is 9.92. The van der Waals surface area contributed by atoms with Crippen molar-refractivity contribution < 1.29 is 0 Å². The topological polar surface area (TPSA) is 12.0 Å². The number of aryl methyl sites for hydroxylation is 2. The van der Waals surface area contributed by atoms with Gasteiger partial charge in [-0.2, -0.15) is 0 Å². The van der Waals surface area contributed by atoms with Crippen LogP contribution in [0.1, 0.15) is 49.8 Å². The molecule has 0 aromatic heterocycles. The number of hydrogen-bond acceptors (Lipinski definition) is 1. The summed E-state index contributed by atoms with van der Waals surface area (Å²) in [5, 5.41) is 3.38. The van der Waals surface area contributed by atoms with Crippen molar-refractivity contribution in [3.05, 3.63) is 34.9 Å². The van der Waals surface area contributed by atoms with E-state index < -0.39 is 0 Å². The molecule has 0 saturated heterocycles. The van der Waals surface area contributed by atoms with Gasteiger partial charge < -0.3 is 5.32 Å². The molecule has 1 N–H and O–H groups in total. The molecule has 0 aliphatic heterocycles. The first kappa shape index (κ1) is 15.5. The molecule has 0 bridgehead atoms. The van der Waals surface area contributed by atoms with Crippen LogP contribution < -0.4 is 5.32 Å². The average molecular weight is 268 g/mol. The highest BCUT2D eigenvalue weighted by Crippen LogP contribution is 2.23. The van der Waals surface area contributed by atoms with E-state index in [0.717, 1.165) is 6.42 Å². The summed E-state index contributed by atoms with van der Waals surface area (Å²) < 4.78 is 0. The largest absolute Gasteiger partial charge is 0.314 e. The first-order chi connectivity index (χ1) is 8.11. The Kier molecular flexibility index (Phi) is 5.68. The highest BCUT2D eigenvalue weighted by atomic mass is 35.5. The third kappa shape index (κ3) is 4.00. The van der Waals surface area contributed by atoms with Gasteiger partial charge in [-0.1, -0.05) is 24.6 Å². The first-order valence-corrected chi connectivity index (χ1v) is 6.90. The Labute approximate surface area is 118 Å². The number of fused-ring (bicyclic) bond motifs is 1. The maximum atomic E-state index is 3.38. The van der Waals surface area contributed by atoms with Gasteiger partial charge in [-0.05, 0) is 69.7 Å². The van der Waals surface area contributed by atoms with Crippen LogP contribution in [0.15, 0.2) is 18.2 Å². The molecule has 1 aliphatic rings. The van der Waals surface area contributed by atoms with Gasteiger partial charge in [0.15, 0.2) is 0 Å². The smallest absolute Gasteiger partial charge is 0.0162 e. The SMILES string of the molecule is CNC(C)(C)Cc1ccc2c(c1)CCCCC2.Cl. The first-order valence-electron chi connectivity index (χ1n) is 6.90. The van der Waals surface area contributed by atoms with Crippen molar-refractivity contribution >= 4 is 12.4 Å². The second-order valence-electron chi connectivity index (χ2n) is 5.97. The van der Waals surface area contributed by atoms with Crippen LogP contribution in [0.4, 0.5) is 0 Å². The Hall–Kier alpha value is -0.530. The molecule has 1 aromatic carbocycles. The lowest BCUT2D eigenvalue weighted by Gasteiger charge is -2.24. The van der Waals surface area contributed by atoms with Crippen molar-refractivity contribution in [2.45, 2.75) is 57.9 Å². The van der Waals surface area contributed by atoms with Gasteiger partial charge in [-0.15, -0.1) is 12.4 Å². The second-order valence-corrected chi connectivity index (χ2v) is 5.97. The lowest BCUT2D eigenvalue weighted by Crippen LogP contribution is -2.38. The van der Waals surface area contributed by atoms with Gasteiger partial charge in [0.25, 0.3) is 0 Å². The number of nitrogens with one attached hydrogen (secondary N) is 1. The predicted octanol–water partition coefficient (Wildman–Crippen LogP) is 3.92. The second kappa shape index (κ2) is 6.58. The van der Waals surface area contributed by atoms with Crippen molar-refractivity contribution in [2.24, 2.45) is 0 Å². The molecule has 102 valence electrons. The zero-order valence-electron chi connectivity index (χ0n) is 11.9. The van der Waals surface area contributed by atoms with E-state index in [9.17, 15) is 0 Å². The normalized spacial score (nSPS) is 15.5.